The zero-order chi connectivity index (χ0) is 13.1. The highest BCUT2D eigenvalue weighted by Gasteiger charge is 2.21. The number of aromatic nitrogens is 1. The summed E-state index contributed by atoms with van der Waals surface area (Å²) in [5, 5.41) is 8.26. The van der Waals surface area contributed by atoms with Gasteiger partial charge < -0.3 is 9.84 Å². The molecule has 1 N–H and O–H groups in total. The molecular formula is C14H15N3OS. The molecule has 1 fully saturated rings. The van der Waals surface area contributed by atoms with E-state index >= 15 is 0 Å². The second-order valence-electron chi connectivity index (χ2n) is 4.47. The molecule has 5 heteroatoms. The molecule has 1 unspecified atom stereocenters. The van der Waals surface area contributed by atoms with Crippen LogP contribution in [0.1, 0.15) is 23.1 Å². The molecule has 1 aliphatic heterocycles. The quantitative estimate of drug-likeness (QED) is 0.934. The van der Waals surface area contributed by atoms with Crippen LogP contribution in [0, 0.1) is 6.92 Å². The Morgan fingerprint density at radius 3 is 3.00 bits per heavy atom. The van der Waals surface area contributed by atoms with Crippen molar-refractivity contribution >= 4 is 16.9 Å². The first-order valence-electron chi connectivity index (χ1n) is 6.22. The third-order valence-electron chi connectivity index (χ3n) is 2.94. The standard InChI is InChI=1S/C14H15N3OS/c1-10-7-12(18-17-10)8-15-14-16-13(9-19-14)11-5-3-2-4-6-11/h2-7,13H,8-9H2,1H3,(H,15,16). The molecule has 19 heavy (non-hydrogen) atoms. The molecule has 3 rings (SSSR count). The molecule has 1 aromatic heterocycles. The average Bonchev–Trinajstić information content (AvgIpc) is 3.06. The number of aryl methyl sites for hydroxylation is 1. The zero-order valence-corrected chi connectivity index (χ0v) is 11.5. The number of nitrogens with one attached hydrogen (secondary N) is 1. The average molecular weight is 273 g/mol. The van der Waals surface area contributed by atoms with Gasteiger partial charge in [-0.1, -0.05) is 47.3 Å². The van der Waals surface area contributed by atoms with E-state index in [1.807, 2.05) is 19.1 Å². The lowest BCUT2D eigenvalue weighted by molar-refractivity contribution is 0.381. The summed E-state index contributed by atoms with van der Waals surface area (Å²) in [6, 6.07) is 12.7. The smallest absolute Gasteiger partial charge is 0.158 e. The summed E-state index contributed by atoms with van der Waals surface area (Å²) in [6.45, 7) is 2.45. The lowest BCUT2D eigenvalue weighted by Gasteiger charge is -2.09. The molecule has 0 aliphatic carbocycles. The number of aliphatic imine (C=N–C) groups is 1. The van der Waals surface area contributed by atoms with Crippen LogP contribution in [0.15, 0.2) is 45.9 Å². The van der Waals surface area contributed by atoms with E-state index in [4.69, 9.17) is 4.52 Å². The van der Waals surface area contributed by atoms with Crippen molar-refractivity contribution in [3.63, 3.8) is 0 Å². The molecular weight excluding hydrogens is 258 g/mol. The summed E-state index contributed by atoms with van der Waals surface area (Å²) in [4.78, 5) is 4.52. The maximum absolute atomic E-state index is 5.14. The summed E-state index contributed by atoms with van der Waals surface area (Å²) in [6.07, 6.45) is 0. The molecule has 2 aromatic rings. The Kier molecular flexibility index (Phi) is 3.55. The number of nitrogens with zero attached hydrogens (tertiary/aromatic N) is 2. The van der Waals surface area contributed by atoms with E-state index in [1.165, 1.54) is 5.56 Å². The van der Waals surface area contributed by atoms with Crippen LogP contribution in [-0.2, 0) is 6.54 Å². The van der Waals surface area contributed by atoms with E-state index in [2.05, 4.69) is 39.7 Å². The summed E-state index contributed by atoms with van der Waals surface area (Å²) in [5.41, 5.74) is 2.19. The lowest BCUT2D eigenvalue weighted by atomic mass is 10.1. The van der Waals surface area contributed by atoms with Crippen molar-refractivity contribution in [3.05, 3.63) is 53.4 Å². The Morgan fingerprint density at radius 1 is 1.42 bits per heavy atom. The van der Waals surface area contributed by atoms with Gasteiger partial charge in [0.15, 0.2) is 10.9 Å². The zero-order valence-electron chi connectivity index (χ0n) is 10.7. The van der Waals surface area contributed by atoms with E-state index in [0.717, 1.165) is 22.4 Å². The molecule has 0 saturated carbocycles. The van der Waals surface area contributed by atoms with Gasteiger partial charge in [0.05, 0.1) is 11.7 Å². The molecule has 0 spiro atoms. The Hall–Kier alpha value is -1.75. The molecule has 1 saturated heterocycles. The minimum atomic E-state index is 0.349. The van der Waals surface area contributed by atoms with E-state index < -0.39 is 0 Å². The molecule has 1 aromatic carbocycles. The molecule has 0 amide bonds. The maximum atomic E-state index is 5.14. The topological polar surface area (TPSA) is 50.4 Å². The van der Waals surface area contributed by atoms with Crippen molar-refractivity contribution in [1.82, 2.24) is 10.5 Å². The highest BCUT2D eigenvalue weighted by Crippen LogP contribution is 2.26. The van der Waals surface area contributed by atoms with Crippen molar-refractivity contribution in [3.8, 4) is 0 Å². The monoisotopic (exact) mass is 273 g/mol. The van der Waals surface area contributed by atoms with Crippen molar-refractivity contribution in [2.75, 3.05) is 5.75 Å². The van der Waals surface area contributed by atoms with Crippen molar-refractivity contribution in [1.29, 1.82) is 0 Å². The molecule has 98 valence electrons. The van der Waals surface area contributed by atoms with Gasteiger partial charge in [0.2, 0.25) is 0 Å². The fourth-order valence-electron chi connectivity index (χ4n) is 1.99. The van der Waals surface area contributed by atoms with Gasteiger partial charge in [-0.25, -0.2) is 0 Å². The summed E-state index contributed by atoms with van der Waals surface area (Å²) in [5.74, 6) is 1.81. The van der Waals surface area contributed by atoms with Crippen molar-refractivity contribution in [2.24, 2.45) is 4.99 Å². The van der Waals surface area contributed by atoms with Gasteiger partial charge in [0.1, 0.15) is 6.54 Å². The van der Waals surface area contributed by atoms with Crippen LogP contribution in [0.2, 0.25) is 0 Å². The highest BCUT2D eigenvalue weighted by molar-refractivity contribution is 8.14. The van der Waals surface area contributed by atoms with Crippen LogP contribution in [0.5, 0.6) is 0 Å². The van der Waals surface area contributed by atoms with Gasteiger partial charge in [-0.2, -0.15) is 0 Å². The third-order valence-corrected chi connectivity index (χ3v) is 3.96. The van der Waals surface area contributed by atoms with Crippen molar-refractivity contribution in [2.45, 2.75) is 19.5 Å². The Bertz CT molecular complexity index is 579. The first kappa shape index (κ1) is 12.3. The minimum absolute atomic E-state index is 0.349. The number of benzene rings is 1. The molecule has 0 bridgehead atoms. The molecule has 0 radical (unpaired) electrons. The van der Waals surface area contributed by atoms with Gasteiger partial charge in [-0.15, -0.1) is 0 Å². The Morgan fingerprint density at radius 2 is 2.26 bits per heavy atom. The first-order valence-corrected chi connectivity index (χ1v) is 7.21. The van der Waals surface area contributed by atoms with E-state index in [9.17, 15) is 0 Å². The Labute approximate surface area is 116 Å². The predicted molar refractivity (Wildman–Crippen MR) is 77.2 cm³/mol. The van der Waals surface area contributed by atoms with E-state index in [0.29, 0.717) is 12.6 Å². The first-order chi connectivity index (χ1) is 9.31. The normalized spacial score (nSPS) is 20.7. The number of rotatable bonds is 3. The number of hydrogen-bond acceptors (Lipinski definition) is 4. The molecule has 2 heterocycles. The SMILES string of the molecule is Cc1cc(CN=C2NC(c3ccccc3)CS2)on1. The fraction of sp³-hybridized carbons (Fsp3) is 0.286. The van der Waals surface area contributed by atoms with Gasteiger partial charge in [0.25, 0.3) is 0 Å². The van der Waals surface area contributed by atoms with Crippen LogP contribution in [0.25, 0.3) is 0 Å². The van der Waals surface area contributed by atoms with Gasteiger partial charge in [0, 0.05) is 11.8 Å². The van der Waals surface area contributed by atoms with Crippen LogP contribution < -0.4 is 5.32 Å². The maximum Gasteiger partial charge on any atom is 0.158 e. The second-order valence-corrected chi connectivity index (χ2v) is 5.48. The van der Waals surface area contributed by atoms with Gasteiger partial charge >= 0.3 is 0 Å². The van der Waals surface area contributed by atoms with Crippen LogP contribution >= 0.6 is 11.8 Å². The molecule has 1 aliphatic rings. The van der Waals surface area contributed by atoms with Crippen LogP contribution in [0.3, 0.4) is 0 Å². The molecule has 4 nitrogen and oxygen atoms in total. The van der Waals surface area contributed by atoms with E-state index in [1.54, 1.807) is 11.8 Å². The summed E-state index contributed by atoms with van der Waals surface area (Å²) in [7, 11) is 0. The van der Waals surface area contributed by atoms with Crippen LogP contribution in [0.4, 0.5) is 0 Å². The Balaban J connectivity index is 1.62. The number of thioether (sulfide) groups is 1. The van der Waals surface area contributed by atoms with E-state index in [-0.39, 0.29) is 0 Å². The predicted octanol–water partition coefficient (Wildman–Crippen LogP) is 2.92. The molecule has 1 atom stereocenters. The minimum Gasteiger partial charge on any atom is -0.359 e. The van der Waals surface area contributed by atoms with Gasteiger partial charge in [-0.05, 0) is 12.5 Å². The summed E-state index contributed by atoms with van der Waals surface area (Å²) >= 11 is 1.75. The number of amidine groups is 1. The highest BCUT2D eigenvalue weighted by atomic mass is 32.2. The van der Waals surface area contributed by atoms with Crippen LogP contribution in [-0.4, -0.2) is 16.1 Å². The third kappa shape index (κ3) is 2.98. The van der Waals surface area contributed by atoms with Gasteiger partial charge in [-0.3, -0.25) is 4.99 Å². The second kappa shape index (κ2) is 5.48. The largest absolute Gasteiger partial charge is 0.359 e. The fourth-order valence-corrected chi connectivity index (χ4v) is 2.97. The lowest BCUT2D eigenvalue weighted by Crippen LogP contribution is -2.19. The van der Waals surface area contributed by atoms with Crippen molar-refractivity contribution < 1.29 is 4.52 Å². The summed E-state index contributed by atoms with van der Waals surface area (Å²) < 4.78 is 5.14. The number of hydrogen-bond donors (Lipinski definition) is 1.